The fourth-order valence-electron chi connectivity index (χ4n) is 2.99. The molecule has 2 aliphatic rings. The van der Waals surface area contributed by atoms with Crippen LogP contribution < -0.4 is 15.4 Å². The summed E-state index contributed by atoms with van der Waals surface area (Å²) in [6.07, 6.45) is 4.70. The summed E-state index contributed by atoms with van der Waals surface area (Å²) in [6.45, 7) is 2.60. The lowest BCUT2D eigenvalue weighted by molar-refractivity contribution is -0.134. The number of nitrogens with one attached hydrogen (secondary N) is 2. The van der Waals surface area contributed by atoms with Gasteiger partial charge in [0.15, 0.2) is 6.61 Å². The molecule has 0 radical (unpaired) electrons. The zero-order valence-electron chi connectivity index (χ0n) is 14.6. The molecule has 0 bridgehead atoms. The van der Waals surface area contributed by atoms with E-state index in [1.807, 2.05) is 23.1 Å². The van der Waals surface area contributed by atoms with Gasteiger partial charge in [0.1, 0.15) is 5.75 Å². The molecule has 1 aromatic rings. The van der Waals surface area contributed by atoms with Crippen molar-refractivity contribution in [3.05, 3.63) is 30.3 Å². The van der Waals surface area contributed by atoms with Crippen molar-refractivity contribution in [3.8, 4) is 5.75 Å². The zero-order valence-corrected chi connectivity index (χ0v) is 14.6. The van der Waals surface area contributed by atoms with Gasteiger partial charge in [0, 0.05) is 19.1 Å². The van der Waals surface area contributed by atoms with Crippen LogP contribution in [0.25, 0.3) is 0 Å². The lowest BCUT2D eigenvalue weighted by Gasteiger charge is -2.32. The molecule has 1 aliphatic heterocycles. The van der Waals surface area contributed by atoms with E-state index >= 15 is 0 Å². The second-order valence-corrected chi connectivity index (χ2v) is 6.89. The fourth-order valence-corrected chi connectivity index (χ4v) is 2.99. The summed E-state index contributed by atoms with van der Waals surface area (Å²) in [4.78, 5) is 25.8. The Labute approximate surface area is 148 Å². The molecule has 0 aromatic heterocycles. The van der Waals surface area contributed by atoms with Gasteiger partial charge < -0.3 is 20.3 Å². The monoisotopic (exact) mass is 345 g/mol. The van der Waals surface area contributed by atoms with Crippen LogP contribution in [0.3, 0.4) is 0 Å². The maximum Gasteiger partial charge on any atom is 0.258 e. The number of hydrogen-bond donors (Lipinski definition) is 2. The zero-order chi connectivity index (χ0) is 17.5. The van der Waals surface area contributed by atoms with Crippen LogP contribution in [0.2, 0.25) is 0 Å². The predicted octanol–water partition coefficient (Wildman–Crippen LogP) is 1.17. The number of para-hydroxylation sites is 1. The number of benzene rings is 1. The molecular formula is C19H27N3O3. The third-order valence-corrected chi connectivity index (χ3v) is 4.79. The number of piperidine rings is 1. The maximum absolute atomic E-state index is 12.2. The second-order valence-electron chi connectivity index (χ2n) is 6.89. The molecule has 1 aliphatic carbocycles. The molecule has 2 fully saturated rings. The number of carbonyl (C=O) groups excluding carboxylic acids is 2. The first-order chi connectivity index (χ1) is 12.2. The van der Waals surface area contributed by atoms with Crippen LogP contribution in [0.5, 0.6) is 5.75 Å². The average molecular weight is 345 g/mol. The molecule has 25 heavy (non-hydrogen) atoms. The first kappa shape index (κ1) is 17.7. The van der Waals surface area contributed by atoms with Crippen molar-refractivity contribution in [2.45, 2.75) is 31.7 Å². The summed E-state index contributed by atoms with van der Waals surface area (Å²) in [6, 6.07) is 9.69. The van der Waals surface area contributed by atoms with Crippen LogP contribution in [0.15, 0.2) is 30.3 Å². The van der Waals surface area contributed by atoms with Gasteiger partial charge in [-0.25, -0.2) is 0 Å². The normalized spacial score (nSPS) is 18.0. The molecule has 6 nitrogen and oxygen atoms in total. The molecule has 0 spiro atoms. The quantitative estimate of drug-likeness (QED) is 0.742. The van der Waals surface area contributed by atoms with Crippen LogP contribution in [0.1, 0.15) is 25.7 Å². The SMILES string of the molecule is O=C(COc1ccccc1)NCC(=O)N1CCC(NCC2CC2)CC1. The Bertz CT molecular complexity index is 567. The molecule has 0 atom stereocenters. The molecule has 136 valence electrons. The standard InChI is InChI=1S/C19H27N3O3/c23-18(14-25-17-4-2-1-3-5-17)21-13-19(24)22-10-8-16(9-11-22)20-12-15-6-7-15/h1-5,15-16,20H,6-14H2,(H,21,23). The van der Waals surface area contributed by atoms with E-state index in [1.54, 1.807) is 12.1 Å². The first-order valence-electron chi connectivity index (χ1n) is 9.16. The van der Waals surface area contributed by atoms with Crippen LogP contribution >= 0.6 is 0 Å². The van der Waals surface area contributed by atoms with Crippen LogP contribution in [-0.2, 0) is 9.59 Å². The molecule has 2 amide bonds. The lowest BCUT2D eigenvalue weighted by Crippen LogP contribution is -2.48. The summed E-state index contributed by atoms with van der Waals surface area (Å²) >= 11 is 0. The average Bonchev–Trinajstić information content (AvgIpc) is 3.48. The van der Waals surface area contributed by atoms with E-state index < -0.39 is 0 Å². The largest absolute Gasteiger partial charge is 0.484 e. The van der Waals surface area contributed by atoms with Gasteiger partial charge in [-0.15, -0.1) is 0 Å². The van der Waals surface area contributed by atoms with Gasteiger partial charge in [-0.05, 0) is 50.3 Å². The third kappa shape index (κ3) is 6.05. The van der Waals surface area contributed by atoms with Gasteiger partial charge in [0.05, 0.1) is 6.54 Å². The molecule has 6 heteroatoms. The smallest absolute Gasteiger partial charge is 0.258 e. The van der Waals surface area contributed by atoms with Crippen molar-refractivity contribution in [2.75, 3.05) is 32.8 Å². The van der Waals surface area contributed by atoms with Gasteiger partial charge >= 0.3 is 0 Å². The first-order valence-corrected chi connectivity index (χ1v) is 9.16. The molecule has 1 saturated heterocycles. The predicted molar refractivity (Wildman–Crippen MR) is 95.3 cm³/mol. The van der Waals surface area contributed by atoms with Crippen molar-refractivity contribution in [1.29, 1.82) is 0 Å². The summed E-state index contributed by atoms with van der Waals surface area (Å²) in [7, 11) is 0. The molecule has 2 N–H and O–H groups in total. The van der Waals surface area contributed by atoms with Crippen LogP contribution in [0.4, 0.5) is 0 Å². The van der Waals surface area contributed by atoms with E-state index in [9.17, 15) is 9.59 Å². The second kappa shape index (κ2) is 8.85. The summed E-state index contributed by atoms with van der Waals surface area (Å²) in [5.74, 6) is 1.23. The molecule has 1 saturated carbocycles. The van der Waals surface area contributed by atoms with Gasteiger partial charge in [0.2, 0.25) is 5.91 Å². The Morgan fingerprint density at radius 1 is 1.08 bits per heavy atom. The Hall–Kier alpha value is -2.08. The van der Waals surface area contributed by atoms with E-state index in [0.29, 0.717) is 11.8 Å². The van der Waals surface area contributed by atoms with E-state index in [0.717, 1.165) is 38.4 Å². The van der Waals surface area contributed by atoms with Gasteiger partial charge in [-0.1, -0.05) is 18.2 Å². The van der Waals surface area contributed by atoms with Gasteiger partial charge in [0.25, 0.3) is 5.91 Å². The van der Waals surface area contributed by atoms with E-state index in [2.05, 4.69) is 10.6 Å². The number of likely N-dealkylation sites (tertiary alicyclic amines) is 1. The molecular weight excluding hydrogens is 318 g/mol. The summed E-state index contributed by atoms with van der Waals surface area (Å²) in [5.41, 5.74) is 0. The minimum Gasteiger partial charge on any atom is -0.484 e. The minimum atomic E-state index is -0.279. The number of rotatable bonds is 8. The third-order valence-electron chi connectivity index (χ3n) is 4.79. The van der Waals surface area contributed by atoms with Gasteiger partial charge in [-0.3, -0.25) is 9.59 Å². The number of amides is 2. The topological polar surface area (TPSA) is 70.7 Å². The van der Waals surface area contributed by atoms with Crippen molar-refractivity contribution >= 4 is 11.8 Å². The highest BCUT2D eigenvalue weighted by molar-refractivity contribution is 5.85. The number of carbonyl (C=O) groups is 2. The lowest BCUT2D eigenvalue weighted by atomic mass is 10.0. The summed E-state index contributed by atoms with van der Waals surface area (Å²) in [5, 5.41) is 6.24. The summed E-state index contributed by atoms with van der Waals surface area (Å²) < 4.78 is 5.37. The fraction of sp³-hybridized carbons (Fsp3) is 0.579. The molecule has 0 unspecified atom stereocenters. The van der Waals surface area contributed by atoms with Crippen molar-refractivity contribution in [1.82, 2.24) is 15.5 Å². The Morgan fingerprint density at radius 3 is 2.48 bits per heavy atom. The number of nitrogens with zero attached hydrogens (tertiary/aromatic N) is 1. The highest BCUT2D eigenvalue weighted by Gasteiger charge is 2.25. The minimum absolute atomic E-state index is 0.0197. The maximum atomic E-state index is 12.2. The van der Waals surface area contributed by atoms with E-state index in [-0.39, 0.29) is 25.0 Å². The van der Waals surface area contributed by atoms with E-state index in [4.69, 9.17) is 4.74 Å². The Morgan fingerprint density at radius 2 is 1.80 bits per heavy atom. The van der Waals surface area contributed by atoms with Crippen molar-refractivity contribution < 1.29 is 14.3 Å². The molecule has 3 rings (SSSR count). The van der Waals surface area contributed by atoms with Crippen LogP contribution in [0, 0.1) is 5.92 Å². The van der Waals surface area contributed by atoms with Crippen LogP contribution in [-0.4, -0.2) is 55.5 Å². The molecule has 1 heterocycles. The number of hydrogen-bond acceptors (Lipinski definition) is 4. The van der Waals surface area contributed by atoms with Gasteiger partial charge in [-0.2, -0.15) is 0 Å². The Kier molecular flexibility index (Phi) is 6.28. The van der Waals surface area contributed by atoms with Crippen molar-refractivity contribution in [3.63, 3.8) is 0 Å². The highest BCUT2D eigenvalue weighted by atomic mass is 16.5. The van der Waals surface area contributed by atoms with Crippen molar-refractivity contribution in [2.24, 2.45) is 5.92 Å². The number of ether oxygens (including phenoxy) is 1. The highest BCUT2D eigenvalue weighted by Crippen LogP contribution is 2.28. The Balaban J connectivity index is 1.29. The molecule has 1 aromatic carbocycles. The van der Waals surface area contributed by atoms with E-state index in [1.165, 1.54) is 12.8 Å².